The maximum absolute atomic E-state index is 4.71. The summed E-state index contributed by atoms with van der Waals surface area (Å²) in [6, 6.07) is 0. The van der Waals surface area contributed by atoms with Crippen LogP contribution >= 0.6 is 0 Å². The first kappa shape index (κ1) is 20.1. The third-order valence-electron chi connectivity index (χ3n) is 3.38. The van der Waals surface area contributed by atoms with Gasteiger partial charge in [0.2, 0.25) is 0 Å². The van der Waals surface area contributed by atoms with Gasteiger partial charge >= 0.3 is 0 Å². The first-order chi connectivity index (χ1) is 9.60. The molecular formula is C20H37N. The van der Waals surface area contributed by atoms with Crippen molar-refractivity contribution in [2.24, 2.45) is 10.9 Å². The molecule has 0 aromatic carbocycles. The molecule has 0 aliphatic rings. The van der Waals surface area contributed by atoms with Crippen molar-refractivity contribution in [2.75, 3.05) is 0 Å². The number of allylic oxidation sites excluding steroid dienone is 4. The van der Waals surface area contributed by atoms with Crippen LogP contribution in [0.15, 0.2) is 28.3 Å². The molecule has 0 aliphatic heterocycles. The van der Waals surface area contributed by atoms with Crippen molar-refractivity contribution in [1.82, 2.24) is 0 Å². The Morgan fingerprint density at radius 2 is 1.48 bits per heavy atom. The van der Waals surface area contributed by atoms with Crippen molar-refractivity contribution in [3.05, 3.63) is 23.3 Å². The summed E-state index contributed by atoms with van der Waals surface area (Å²) in [5, 5.41) is 0. The average molecular weight is 292 g/mol. The minimum Gasteiger partial charge on any atom is -0.289 e. The number of nitrogens with zero attached hydrogens (tertiary/aromatic N) is 1. The van der Waals surface area contributed by atoms with Crippen LogP contribution in [0.5, 0.6) is 0 Å². The van der Waals surface area contributed by atoms with E-state index in [9.17, 15) is 0 Å². The molecule has 0 aromatic heterocycles. The molecule has 1 heteroatoms. The van der Waals surface area contributed by atoms with Crippen LogP contribution in [0.1, 0.15) is 87.5 Å². The van der Waals surface area contributed by atoms with Gasteiger partial charge < -0.3 is 0 Å². The molecular weight excluding hydrogens is 254 g/mol. The SMILES string of the molecule is C/C(=C\CC(C)C)CC/C=C(\C)CC/C(C)=N/C(C)(C)C. The van der Waals surface area contributed by atoms with E-state index < -0.39 is 0 Å². The minimum atomic E-state index is 0.0556. The van der Waals surface area contributed by atoms with E-state index in [-0.39, 0.29) is 5.54 Å². The highest BCUT2D eigenvalue weighted by molar-refractivity contribution is 5.82. The minimum absolute atomic E-state index is 0.0556. The van der Waals surface area contributed by atoms with Crippen LogP contribution in [0.4, 0.5) is 0 Å². The molecule has 0 rings (SSSR count). The number of hydrogen-bond acceptors (Lipinski definition) is 1. The normalized spacial score (nSPS) is 15.0. The lowest BCUT2D eigenvalue weighted by Gasteiger charge is -2.14. The summed E-state index contributed by atoms with van der Waals surface area (Å²) < 4.78 is 0. The number of aliphatic imine (C=N–C) groups is 1. The van der Waals surface area contributed by atoms with Gasteiger partial charge in [0.05, 0.1) is 5.54 Å². The van der Waals surface area contributed by atoms with E-state index in [1.807, 2.05) is 0 Å². The number of hydrogen-bond donors (Lipinski definition) is 0. The Bertz CT molecular complexity index is 375. The standard InChI is InChI=1S/C20H37N/c1-16(2)12-13-17(3)10-9-11-18(4)14-15-19(5)21-20(6,7)8/h11,13,16H,9-10,12,14-15H2,1-8H3/b17-13+,18-11+,21-19+. The third kappa shape index (κ3) is 13.9. The Morgan fingerprint density at radius 1 is 0.905 bits per heavy atom. The molecule has 0 saturated heterocycles. The molecule has 0 amide bonds. The predicted octanol–water partition coefficient (Wildman–Crippen LogP) is 6.74. The van der Waals surface area contributed by atoms with Crippen LogP contribution in [0.3, 0.4) is 0 Å². The van der Waals surface area contributed by atoms with Gasteiger partial charge in [-0.05, 0) is 79.6 Å². The summed E-state index contributed by atoms with van der Waals surface area (Å²) >= 11 is 0. The van der Waals surface area contributed by atoms with E-state index in [0.717, 1.165) is 18.8 Å². The van der Waals surface area contributed by atoms with Gasteiger partial charge in [0, 0.05) is 5.71 Å². The van der Waals surface area contributed by atoms with Crippen LogP contribution in [-0.4, -0.2) is 11.3 Å². The van der Waals surface area contributed by atoms with Crippen molar-refractivity contribution in [3.8, 4) is 0 Å². The Balaban J connectivity index is 4.10. The maximum atomic E-state index is 4.71. The van der Waals surface area contributed by atoms with Gasteiger partial charge in [-0.15, -0.1) is 0 Å². The van der Waals surface area contributed by atoms with Crippen LogP contribution in [0.2, 0.25) is 0 Å². The topological polar surface area (TPSA) is 12.4 Å². The maximum Gasteiger partial charge on any atom is 0.0523 e. The lowest BCUT2D eigenvalue weighted by atomic mass is 10.0. The molecule has 0 bridgehead atoms. The zero-order valence-electron chi connectivity index (χ0n) is 15.7. The molecule has 21 heavy (non-hydrogen) atoms. The molecule has 0 aromatic rings. The highest BCUT2D eigenvalue weighted by Crippen LogP contribution is 2.14. The summed E-state index contributed by atoms with van der Waals surface area (Å²) in [5.74, 6) is 0.766. The van der Waals surface area contributed by atoms with Gasteiger partial charge in [0.25, 0.3) is 0 Å². The molecule has 0 fully saturated rings. The summed E-state index contributed by atoms with van der Waals surface area (Å²) in [6.45, 7) is 17.7. The third-order valence-corrected chi connectivity index (χ3v) is 3.38. The zero-order chi connectivity index (χ0) is 16.5. The highest BCUT2D eigenvalue weighted by atomic mass is 14.8. The highest BCUT2D eigenvalue weighted by Gasteiger charge is 2.07. The molecule has 0 unspecified atom stereocenters. The molecule has 0 spiro atoms. The lowest BCUT2D eigenvalue weighted by Crippen LogP contribution is -2.12. The smallest absolute Gasteiger partial charge is 0.0523 e. The molecule has 0 saturated carbocycles. The van der Waals surface area contributed by atoms with Crippen LogP contribution in [0, 0.1) is 5.92 Å². The van der Waals surface area contributed by atoms with E-state index in [1.165, 1.54) is 36.1 Å². The van der Waals surface area contributed by atoms with Crippen molar-refractivity contribution in [3.63, 3.8) is 0 Å². The second-order valence-corrected chi connectivity index (χ2v) is 7.79. The molecule has 0 N–H and O–H groups in total. The fourth-order valence-corrected chi connectivity index (χ4v) is 2.19. The fraction of sp³-hybridized carbons (Fsp3) is 0.750. The Hall–Kier alpha value is -0.850. The Labute approximate surface area is 133 Å². The Morgan fingerprint density at radius 3 is 2.00 bits per heavy atom. The average Bonchev–Trinajstić information content (AvgIpc) is 2.32. The first-order valence-electron chi connectivity index (χ1n) is 8.46. The van der Waals surface area contributed by atoms with Crippen LogP contribution in [-0.2, 0) is 0 Å². The van der Waals surface area contributed by atoms with Gasteiger partial charge in [-0.25, -0.2) is 0 Å². The fourth-order valence-electron chi connectivity index (χ4n) is 2.19. The number of rotatable bonds is 8. The van der Waals surface area contributed by atoms with Gasteiger partial charge in [-0.2, -0.15) is 0 Å². The molecule has 0 atom stereocenters. The molecule has 0 radical (unpaired) electrons. The van der Waals surface area contributed by atoms with E-state index >= 15 is 0 Å². The second-order valence-electron chi connectivity index (χ2n) is 7.79. The van der Waals surface area contributed by atoms with E-state index in [1.54, 1.807) is 0 Å². The summed E-state index contributed by atoms with van der Waals surface area (Å²) in [4.78, 5) is 4.71. The van der Waals surface area contributed by atoms with E-state index in [2.05, 4.69) is 67.5 Å². The van der Waals surface area contributed by atoms with Gasteiger partial charge in [-0.1, -0.05) is 37.1 Å². The van der Waals surface area contributed by atoms with Crippen molar-refractivity contribution < 1.29 is 0 Å². The summed E-state index contributed by atoms with van der Waals surface area (Å²) in [6.07, 6.45) is 10.6. The van der Waals surface area contributed by atoms with Crippen LogP contribution in [0.25, 0.3) is 0 Å². The van der Waals surface area contributed by atoms with Gasteiger partial charge in [0.1, 0.15) is 0 Å². The van der Waals surface area contributed by atoms with Gasteiger partial charge in [0.15, 0.2) is 0 Å². The first-order valence-corrected chi connectivity index (χ1v) is 8.46. The van der Waals surface area contributed by atoms with Crippen molar-refractivity contribution in [2.45, 2.75) is 93.0 Å². The van der Waals surface area contributed by atoms with Crippen molar-refractivity contribution >= 4 is 5.71 Å². The predicted molar refractivity (Wildman–Crippen MR) is 98.3 cm³/mol. The summed E-state index contributed by atoms with van der Waals surface area (Å²) in [7, 11) is 0. The van der Waals surface area contributed by atoms with Gasteiger partial charge in [-0.3, -0.25) is 4.99 Å². The lowest BCUT2D eigenvalue weighted by molar-refractivity contribution is 0.581. The van der Waals surface area contributed by atoms with Crippen molar-refractivity contribution in [1.29, 1.82) is 0 Å². The molecule has 1 nitrogen and oxygen atoms in total. The molecule has 122 valence electrons. The quantitative estimate of drug-likeness (QED) is 0.346. The largest absolute Gasteiger partial charge is 0.289 e. The summed E-state index contributed by atoms with van der Waals surface area (Å²) in [5.41, 5.74) is 4.34. The molecule has 0 heterocycles. The van der Waals surface area contributed by atoms with Crippen LogP contribution < -0.4 is 0 Å². The molecule has 0 aliphatic carbocycles. The van der Waals surface area contributed by atoms with E-state index in [0.29, 0.717) is 0 Å². The monoisotopic (exact) mass is 291 g/mol. The second kappa shape index (κ2) is 9.97. The Kier molecular flexibility index (Phi) is 9.57. The zero-order valence-corrected chi connectivity index (χ0v) is 15.7. The van der Waals surface area contributed by atoms with E-state index in [4.69, 9.17) is 4.99 Å².